The Bertz CT molecular complexity index is 555. The fourth-order valence-electron chi connectivity index (χ4n) is 1.81. The quantitative estimate of drug-likeness (QED) is 0.794. The summed E-state index contributed by atoms with van der Waals surface area (Å²) in [7, 11) is 0. The van der Waals surface area contributed by atoms with Crippen molar-refractivity contribution >= 4 is 23.4 Å². The van der Waals surface area contributed by atoms with Gasteiger partial charge in [0.15, 0.2) is 0 Å². The van der Waals surface area contributed by atoms with Gasteiger partial charge in [0.1, 0.15) is 0 Å². The van der Waals surface area contributed by atoms with Gasteiger partial charge in [-0.05, 0) is 24.5 Å². The summed E-state index contributed by atoms with van der Waals surface area (Å²) in [6.07, 6.45) is 5.46. The number of hydrogen-bond donors (Lipinski definition) is 2. The Morgan fingerprint density at radius 1 is 1.47 bits per heavy atom. The summed E-state index contributed by atoms with van der Waals surface area (Å²) in [6.45, 7) is 1.31. The van der Waals surface area contributed by atoms with Gasteiger partial charge < -0.3 is 10.4 Å². The van der Waals surface area contributed by atoms with E-state index in [1.807, 2.05) is 30.7 Å². The highest BCUT2D eigenvalue weighted by molar-refractivity contribution is 7.98. The van der Waals surface area contributed by atoms with Gasteiger partial charge >= 0.3 is 5.97 Å². The third-order valence-electron chi connectivity index (χ3n) is 2.68. The summed E-state index contributed by atoms with van der Waals surface area (Å²) in [6, 6.07) is 7.31. The molecule has 6 heteroatoms. The molecule has 0 spiro atoms. The van der Waals surface area contributed by atoms with Crippen LogP contribution >= 0.6 is 11.8 Å². The van der Waals surface area contributed by atoms with Crippen LogP contribution in [-0.2, 0) is 6.54 Å². The molecule has 0 amide bonds. The van der Waals surface area contributed by atoms with Crippen LogP contribution in [0.3, 0.4) is 0 Å². The Kier molecular flexibility index (Phi) is 4.46. The Balaban J connectivity index is 2.09. The number of carbonyl (C=O) groups is 1. The van der Waals surface area contributed by atoms with Gasteiger partial charge in [0.25, 0.3) is 0 Å². The number of aromatic carboxylic acids is 1. The number of hydrogen-bond acceptors (Lipinski definition) is 4. The standard InChI is InChI=1S/C13H15N3O2S/c1-19-11-5-2-4-10(12(11)13(17)18)14-7-9-16-8-3-6-15-16/h2-6,8,14H,7,9H2,1H3,(H,17,18). The topological polar surface area (TPSA) is 67.2 Å². The summed E-state index contributed by atoms with van der Waals surface area (Å²) in [4.78, 5) is 12.1. The average Bonchev–Trinajstić information content (AvgIpc) is 2.91. The monoisotopic (exact) mass is 277 g/mol. The van der Waals surface area contributed by atoms with Crippen molar-refractivity contribution in [1.82, 2.24) is 9.78 Å². The predicted molar refractivity (Wildman–Crippen MR) is 75.9 cm³/mol. The zero-order valence-electron chi connectivity index (χ0n) is 10.5. The highest BCUT2D eigenvalue weighted by Crippen LogP contribution is 2.26. The minimum Gasteiger partial charge on any atom is -0.478 e. The molecule has 1 heterocycles. The molecule has 0 aliphatic heterocycles. The lowest BCUT2D eigenvalue weighted by Crippen LogP contribution is -2.13. The second-order valence-electron chi connectivity index (χ2n) is 3.88. The third-order valence-corrected chi connectivity index (χ3v) is 3.46. The van der Waals surface area contributed by atoms with Crippen LogP contribution in [0.15, 0.2) is 41.6 Å². The van der Waals surface area contributed by atoms with Crippen LogP contribution in [0.1, 0.15) is 10.4 Å². The summed E-state index contributed by atoms with van der Waals surface area (Å²) in [5, 5.41) is 16.5. The van der Waals surface area contributed by atoms with E-state index in [1.54, 1.807) is 16.9 Å². The van der Waals surface area contributed by atoms with E-state index in [0.29, 0.717) is 24.3 Å². The molecule has 5 nitrogen and oxygen atoms in total. The molecule has 0 bridgehead atoms. The van der Waals surface area contributed by atoms with E-state index in [2.05, 4.69) is 10.4 Å². The summed E-state index contributed by atoms with van der Waals surface area (Å²) in [5.41, 5.74) is 0.974. The molecule has 19 heavy (non-hydrogen) atoms. The number of rotatable bonds is 6. The number of carboxylic acids is 1. The number of nitrogens with zero attached hydrogens (tertiary/aromatic N) is 2. The van der Waals surface area contributed by atoms with Gasteiger partial charge in [0.2, 0.25) is 0 Å². The second-order valence-corrected chi connectivity index (χ2v) is 4.73. The number of aromatic nitrogens is 2. The molecule has 0 aliphatic carbocycles. The summed E-state index contributed by atoms with van der Waals surface area (Å²) >= 11 is 1.43. The molecule has 2 N–H and O–H groups in total. The Labute approximate surface area is 115 Å². The van der Waals surface area contributed by atoms with Crippen molar-refractivity contribution in [1.29, 1.82) is 0 Å². The molecular weight excluding hydrogens is 262 g/mol. The molecule has 0 unspecified atom stereocenters. The lowest BCUT2D eigenvalue weighted by molar-refractivity contribution is 0.0694. The second kappa shape index (κ2) is 6.29. The van der Waals surface area contributed by atoms with E-state index in [-0.39, 0.29) is 0 Å². The van der Waals surface area contributed by atoms with Crippen molar-refractivity contribution in [3.8, 4) is 0 Å². The van der Waals surface area contributed by atoms with Gasteiger partial charge in [-0.15, -0.1) is 11.8 Å². The fraction of sp³-hybridized carbons (Fsp3) is 0.231. The zero-order valence-corrected chi connectivity index (χ0v) is 11.4. The van der Waals surface area contributed by atoms with E-state index >= 15 is 0 Å². The molecule has 0 fully saturated rings. The molecule has 1 aromatic carbocycles. The van der Waals surface area contributed by atoms with Gasteiger partial charge in [0.05, 0.1) is 12.1 Å². The molecule has 0 radical (unpaired) electrons. The van der Waals surface area contributed by atoms with Crippen molar-refractivity contribution in [3.63, 3.8) is 0 Å². The van der Waals surface area contributed by atoms with Crippen LogP contribution in [-0.4, -0.2) is 33.7 Å². The first-order valence-corrected chi connectivity index (χ1v) is 7.06. The van der Waals surface area contributed by atoms with Crippen molar-refractivity contribution in [3.05, 3.63) is 42.2 Å². The summed E-state index contributed by atoms with van der Waals surface area (Å²) in [5.74, 6) is -0.911. The van der Waals surface area contributed by atoms with Crippen molar-refractivity contribution in [2.24, 2.45) is 0 Å². The minimum absolute atomic E-state index is 0.329. The van der Waals surface area contributed by atoms with Gasteiger partial charge in [0, 0.05) is 29.5 Å². The molecule has 2 rings (SSSR count). The van der Waals surface area contributed by atoms with Crippen molar-refractivity contribution in [2.45, 2.75) is 11.4 Å². The highest BCUT2D eigenvalue weighted by atomic mass is 32.2. The normalized spacial score (nSPS) is 10.4. The Morgan fingerprint density at radius 2 is 2.32 bits per heavy atom. The zero-order chi connectivity index (χ0) is 13.7. The van der Waals surface area contributed by atoms with E-state index in [4.69, 9.17) is 0 Å². The van der Waals surface area contributed by atoms with Gasteiger partial charge in [-0.2, -0.15) is 5.10 Å². The third kappa shape index (κ3) is 3.29. The Morgan fingerprint density at radius 3 is 2.95 bits per heavy atom. The smallest absolute Gasteiger partial charge is 0.338 e. The number of nitrogens with one attached hydrogen (secondary N) is 1. The molecule has 1 aromatic heterocycles. The van der Waals surface area contributed by atoms with Crippen molar-refractivity contribution < 1.29 is 9.90 Å². The number of anilines is 1. The van der Waals surface area contributed by atoms with E-state index in [0.717, 1.165) is 4.90 Å². The van der Waals surface area contributed by atoms with Gasteiger partial charge in [-0.1, -0.05) is 6.07 Å². The van der Waals surface area contributed by atoms with Crippen LogP contribution in [0, 0.1) is 0 Å². The number of carboxylic acid groups (broad SMARTS) is 1. The molecule has 2 aromatic rings. The maximum absolute atomic E-state index is 11.3. The maximum Gasteiger partial charge on any atom is 0.338 e. The summed E-state index contributed by atoms with van der Waals surface area (Å²) < 4.78 is 1.80. The lowest BCUT2D eigenvalue weighted by Gasteiger charge is -2.12. The number of benzene rings is 1. The van der Waals surface area contributed by atoms with Crippen LogP contribution in [0.2, 0.25) is 0 Å². The largest absolute Gasteiger partial charge is 0.478 e. The predicted octanol–water partition coefficient (Wildman–Crippen LogP) is 2.42. The first kappa shape index (κ1) is 13.5. The van der Waals surface area contributed by atoms with Crippen LogP contribution in [0.5, 0.6) is 0 Å². The van der Waals surface area contributed by atoms with Crippen LogP contribution < -0.4 is 5.32 Å². The van der Waals surface area contributed by atoms with Gasteiger partial charge in [-0.25, -0.2) is 4.79 Å². The fourth-order valence-corrected chi connectivity index (χ4v) is 2.42. The first-order chi connectivity index (χ1) is 9.22. The first-order valence-electron chi connectivity index (χ1n) is 5.84. The molecule has 0 atom stereocenters. The minimum atomic E-state index is -0.911. The van der Waals surface area contributed by atoms with E-state index in [1.165, 1.54) is 11.8 Å². The van der Waals surface area contributed by atoms with E-state index < -0.39 is 5.97 Å². The molecule has 100 valence electrons. The van der Waals surface area contributed by atoms with E-state index in [9.17, 15) is 9.90 Å². The molecular formula is C13H15N3O2S. The Hall–Kier alpha value is -1.95. The van der Waals surface area contributed by atoms with Gasteiger partial charge in [-0.3, -0.25) is 4.68 Å². The molecule has 0 aliphatic rings. The van der Waals surface area contributed by atoms with Crippen LogP contribution in [0.25, 0.3) is 0 Å². The number of thioether (sulfide) groups is 1. The maximum atomic E-state index is 11.3. The van der Waals surface area contributed by atoms with Crippen molar-refractivity contribution in [2.75, 3.05) is 18.1 Å². The highest BCUT2D eigenvalue weighted by Gasteiger charge is 2.14. The molecule has 0 saturated carbocycles. The lowest BCUT2D eigenvalue weighted by atomic mass is 10.2. The molecule has 0 saturated heterocycles. The SMILES string of the molecule is CSc1cccc(NCCn2cccn2)c1C(=O)O. The average molecular weight is 277 g/mol. The van der Waals surface area contributed by atoms with Crippen LogP contribution in [0.4, 0.5) is 5.69 Å².